The molecule has 1 aromatic heterocycles. The van der Waals surface area contributed by atoms with Gasteiger partial charge in [0.2, 0.25) is 5.91 Å². The molecule has 152 valence electrons. The number of para-hydroxylation sites is 1. The van der Waals surface area contributed by atoms with Crippen LogP contribution in [-0.2, 0) is 6.61 Å². The quantitative estimate of drug-likeness (QED) is 0.395. The van der Waals surface area contributed by atoms with Gasteiger partial charge in [0.05, 0.1) is 23.0 Å². The molecule has 0 unspecified atom stereocenters. The topological polar surface area (TPSA) is 134 Å². The van der Waals surface area contributed by atoms with Crippen molar-refractivity contribution in [2.24, 2.45) is 5.73 Å². The Hall–Kier alpha value is -3.24. The molecule has 9 nitrogen and oxygen atoms in total. The number of imidazole rings is 1. The molecule has 29 heavy (non-hydrogen) atoms. The number of aliphatic hydroxyl groups excluding tert-OH is 1. The van der Waals surface area contributed by atoms with E-state index in [-0.39, 0.29) is 24.0 Å². The van der Waals surface area contributed by atoms with Crippen molar-refractivity contribution in [3.8, 4) is 5.75 Å². The van der Waals surface area contributed by atoms with Crippen molar-refractivity contribution in [2.45, 2.75) is 26.6 Å². The number of carbonyl (C=O) groups is 2. The van der Waals surface area contributed by atoms with Crippen LogP contribution in [0.25, 0.3) is 11.0 Å². The van der Waals surface area contributed by atoms with Gasteiger partial charge in [0.15, 0.2) is 0 Å². The van der Waals surface area contributed by atoms with E-state index >= 15 is 0 Å². The molecule has 2 aromatic carbocycles. The average Bonchev–Trinajstić information content (AvgIpc) is 3.11. The van der Waals surface area contributed by atoms with Crippen molar-refractivity contribution in [3.05, 3.63) is 47.8 Å². The molecular formula is C19H21N5O4S. The van der Waals surface area contributed by atoms with Crippen LogP contribution >= 0.6 is 12.8 Å². The lowest BCUT2D eigenvalue weighted by atomic mass is 10.1. The van der Waals surface area contributed by atoms with Gasteiger partial charge >= 0.3 is 6.03 Å². The van der Waals surface area contributed by atoms with Gasteiger partial charge in [-0.05, 0) is 44.2 Å². The minimum Gasteiger partial charge on any atom is -0.489 e. The van der Waals surface area contributed by atoms with Crippen LogP contribution in [0.2, 0.25) is 0 Å². The molecule has 0 atom stereocenters. The molecule has 0 radical (unpaired) electrons. The number of hydrogen-bond acceptors (Lipinski definition) is 6. The molecule has 0 bridgehead atoms. The fraction of sp³-hybridized carbons (Fsp3) is 0.211. The van der Waals surface area contributed by atoms with Gasteiger partial charge in [-0.25, -0.2) is 14.1 Å². The molecule has 0 saturated heterocycles. The number of ether oxygens (including phenoxy) is 1. The molecule has 1 heterocycles. The van der Waals surface area contributed by atoms with E-state index in [1.165, 1.54) is 12.1 Å². The number of thiol groups is 1. The van der Waals surface area contributed by atoms with Gasteiger partial charge in [-0.1, -0.05) is 18.9 Å². The van der Waals surface area contributed by atoms with Crippen molar-refractivity contribution < 1.29 is 19.4 Å². The molecule has 0 aliphatic heterocycles. The number of anilines is 2. The number of aliphatic hydroxyl groups is 1. The summed E-state index contributed by atoms with van der Waals surface area (Å²) in [5, 5.41) is 12.0. The third-order valence-electron chi connectivity index (χ3n) is 3.98. The van der Waals surface area contributed by atoms with Crippen molar-refractivity contribution >= 4 is 47.2 Å². The van der Waals surface area contributed by atoms with E-state index < -0.39 is 11.9 Å². The zero-order chi connectivity index (χ0) is 21.1. The first kappa shape index (κ1) is 20.5. The largest absolute Gasteiger partial charge is 0.489 e. The maximum Gasteiger partial charge on any atom is 0.336 e. The van der Waals surface area contributed by atoms with Crippen molar-refractivity contribution in [3.63, 3.8) is 0 Å². The molecule has 3 aromatic rings. The molecule has 0 aliphatic rings. The van der Waals surface area contributed by atoms with E-state index in [4.69, 9.17) is 10.5 Å². The van der Waals surface area contributed by atoms with Crippen LogP contribution in [0.5, 0.6) is 5.75 Å². The Morgan fingerprint density at radius 2 is 2.10 bits per heavy atom. The predicted octanol–water partition coefficient (Wildman–Crippen LogP) is 2.82. The van der Waals surface area contributed by atoms with Crippen molar-refractivity contribution in [2.75, 3.05) is 9.62 Å². The van der Waals surface area contributed by atoms with E-state index in [9.17, 15) is 14.7 Å². The Bertz CT molecular complexity index is 1070. The Morgan fingerprint density at radius 3 is 2.76 bits per heavy atom. The summed E-state index contributed by atoms with van der Waals surface area (Å²) in [5.41, 5.74) is 7.42. The number of nitrogens with zero attached hydrogens (tertiary/aromatic N) is 2. The lowest BCUT2D eigenvalue weighted by Crippen LogP contribution is -2.28. The Morgan fingerprint density at radius 1 is 1.34 bits per heavy atom. The molecule has 0 spiro atoms. The number of rotatable bonds is 6. The molecule has 0 fully saturated rings. The predicted molar refractivity (Wildman–Crippen MR) is 113 cm³/mol. The summed E-state index contributed by atoms with van der Waals surface area (Å²) in [5.74, 6) is 0.115. The average molecular weight is 415 g/mol. The number of H-pyrrole nitrogens is 1. The summed E-state index contributed by atoms with van der Waals surface area (Å²) in [6.07, 6.45) is -0.160. The zero-order valence-electron chi connectivity index (χ0n) is 15.8. The standard InChI is InChI=1S/C19H21N5O4S/c1-10(2)28-15-7-6-11(18(20)26)8-14(15)24(29)19(27)22-13-5-3-4-12-17(13)23-16(9-25)21-12/h3-8,10,25,29H,9H2,1-2H3,(H2,20,26)(H,21,23)(H,22,27). The number of amides is 3. The monoisotopic (exact) mass is 415 g/mol. The number of aromatic amines is 1. The van der Waals surface area contributed by atoms with Gasteiger partial charge in [-0.15, -0.1) is 0 Å². The fourth-order valence-corrected chi connectivity index (χ4v) is 2.93. The van der Waals surface area contributed by atoms with E-state index in [0.717, 1.165) is 4.31 Å². The molecule has 0 aliphatic carbocycles. The highest BCUT2D eigenvalue weighted by Crippen LogP contribution is 2.32. The molecule has 5 N–H and O–H groups in total. The first-order chi connectivity index (χ1) is 13.8. The van der Waals surface area contributed by atoms with Crippen LogP contribution in [0.4, 0.5) is 16.2 Å². The zero-order valence-corrected chi connectivity index (χ0v) is 16.7. The SMILES string of the molecule is CC(C)Oc1ccc(C(N)=O)cc1N(S)C(=O)Nc1cccc2[nH]c(CO)nc12. The molecule has 0 saturated carbocycles. The third-order valence-corrected chi connectivity index (χ3v) is 4.38. The fourth-order valence-electron chi connectivity index (χ4n) is 2.73. The van der Waals surface area contributed by atoms with Crippen LogP contribution < -0.4 is 20.1 Å². The molecule has 3 amide bonds. The summed E-state index contributed by atoms with van der Waals surface area (Å²) in [6, 6.07) is 9.12. The second-order valence-electron chi connectivity index (χ2n) is 6.50. The first-order valence-corrected chi connectivity index (χ1v) is 9.19. The van der Waals surface area contributed by atoms with E-state index in [0.29, 0.717) is 28.3 Å². The van der Waals surface area contributed by atoms with E-state index in [1.54, 1.807) is 24.3 Å². The first-order valence-electron chi connectivity index (χ1n) is 8.79. The number of primary amides is 1. The third kappa shape index (κ3) is 4.44. The highest BCUT2D eigenvalue weighted by molar-refractivity contribution is 7.82. The number of fused-ring (bicyclic) bond motifs is 1. The normalized spacial score (nSPS) is 10.9. The maximum absolute atomic E-state index is 12.8. The van der Waals surface area contributed by atoms with Crippen molar-refractivity contribution in [1.29, 1.82) is 0 Å². The highest BCUT2D eigenvalue weighted by atomic mass is 32.1. The second kappa shape index (κ2) is 8.41. The van der Waals surface area contributed by atoms with Crippen molar-refractivity contribution in [1.82, 2.24) is 9.97 Å². The summed E-state index contributed by atoms with van der Waals surface area (Å²) in [4.78, 5) is 31.6. The molecule has 10 heteroatoms. The molecular weight excluding hydrogens is 394 g/mol. The lowest BCUT2D eigenvalue weighted by Gasteiger charge is -2.21. The maximum atomic E-state index is 12.8. The van der Waals surface area contributed by atoms with Gasteiger partial charge < -0.3 is 25.9 Å². The number of urea groups is 1. The number of carbonyl (C=O) groups excluding carboxylic acids is 2. The number of nitrogens with two attached hydrogens (primary N) is 1. The van der Waals surface area contributed by atoms with E-state index in [2.05, 4.69) is 28.1 Å². The van der Waals surface area contributed by atoms with Gasteiger partial charge in [0.1, 0.15) is 23.7 Å². The Balaban J connectivity index is 1.93. The smallest absolute Gasteiger partial charge is 0.336 e. The van der Waals surface area contributed by atoms with E-state index in [1.807, 2.05) is 13.8 Å². The number of nitrogens with one attached hydrogen (secondary N) is 2. The second-order valence-corrected chi connectivity index (χ2v) is 6.90. The highest BCUT2D eigenvalue weighted by Gasteiger charge is 2.20. The number of aromatic nitrogens is 2. The van der Waals surface area contributed by atoms with Crippen LogP contribution in [-0.4, -0.2) is 33.1 Å². The van der Waals surface area contributed by atoms with Crippen LogP contribution in [0.15, 0.2) is 36.4 Å². The minimum atomic E-state index is -0.637. The Labute approximate surface area is 172 Å². The van der Waals surface area contributed by atoms with Gasteiger partial charge in [-0.2, -0.15) is 0 Å². The Kier molecular flexibility index (Phi) is 5.95. The summed E-state index contributed by atoms with van der Waals surface area (Å²) >= 11 is 4.29. The van der Waals surface area contributed by atoms with Crippen LogP contribution in [0, 0.1) is 0 Å². The summed E-state index contributed by atoms with van der Waals surface area (Å²) < 4.78 is 6.75. The number of benzene rings is 2. The summed E-state index contributed by atoms with van der Waals surface area (Å²) in [6.45, 7) is 3.42. The van der Waals surface area contributed by atoms with Crippen LogP contribution in [0.3, 0.4) is 0 Å². The van der Waals surface area contributed by atoms with Gasteiger partial charge in [0.25, 0.3) is 0 Å². The minimum absolute atomic E-state index is 0.160. The van der Waals surface area contributed by atoms with Gasteiger partial charge in [-0.3, -0.25) is 4.79 Å². The summed E-state index contributed by atoms with van der Waals surface area (Å²) in [7, 11) is 0. The van der Waals surface area contributed by atoms with Crippen LogP contribution in [0.1, 0.15) is 30.0 Å². The lowest BCUT2D eigenvalue weighted by molar-refractivity contribution is 0.1000. The van der Waals surface area contributed by atoms with Gasteiger partial charge in [0, 0.05) is 5.56 Å². The number of hydrogen-bond donors (Lipinski definition) is 5. The molecule has 3 rings (SSSR count).